The van der Waals surface area contributed by atoms with Crippen LogP contribution in [0.1, 0.15) is 15.9 Å². The van der Waals surface area contributed by atoms with E-state index >= 15 is 0 Å². The van der Waals surface area contributed by atoms with Gasteiger partial charge in [0.15, 0.2) is 0 Å². The number of benzene rings is 2. The van der Waals surface area contributed by atoms with Gasteiger partial charge in [-0.3, -0.25) is 4.79 Å². The van der Waals surface area contributed by atoms with Crippen LogP contribution in [0.25, 0.3) is 0 Å². The monoisotopic (exact) mass is 295 g/mol. The molecule has 2 nitrogen and oxygen atoms in total. The first-order valence-electron chi connectivity index (χ1n) is 5.60. The summed E-state index contributed by atoms with van der Waals surface area (Å²) in [6.45, 7) is 0.366. The van der Waals surface area contributed by atoms with Crippen LogP contribution in [-0.2, 0) is 6.54 Å². The first-order chi connectivity index (χ1) is 9.19. The van der Waals surface area contributed by atoms with Crippen LogP contribution in [0, 0.1) is 5.82 Å². The van der Waals surface area contributed by atoms with Crippen LogP contribution < -0.4 is 5.32 Å². The van der Waals surface area contributed by atoms with Gasteiger partial charge in [-0.2, -0.15) is 0 Å². The second-order valence-corrected chi connectivity index (χ2v) is 5.00. The predicted molar refractivity (Wildman–Crippen MR) is 75.7 cm³/mol. The van der Waals surface area contributed by atoms with E-state index in [9.17, 15) is 9.18 Å². The van der Waals surface area contributed by atoms with E-state index in [0.717, 1.165) is 21.4 Å². The summed E-state index contributed by atoms with van der Waals surface area (Å²) in [5.74, 6) is -0.459. The lowest BCUT2D eigenvalue weighted by molar-refractivity contribution is 0.0951. The Morgan fingerprint density at radius 2 is 1.74 bits per heavy atom. The highest BCUT2D eigenvalue weighted by Crippen LogP contribution is 2.21. The van der Waals surface area contributed by atoms with E-state index in [-0.39, 0.29) is 11.7 Å². The topological polar surface area (TPSA) is 29.1 Å². The molecular formula is C14H11ClFNOS. The number of halogens is 2. The molecule has 0 bridgehead atoms. The first-order valence-corrected chi connectivity index (χ1v) is 7.24. The number of carbonyl (C=O) groups is 1. The normalized spacial score (nSPS) is 10.2. The van der Waals surface area contributed by atoms with Crippen molar-refractivity contribution in [1.29, 1.82) is 0 Å². The molecule has 0 atom stereocenters. The summed E-state index contributed by atoms with van der Waals surface area (Å²) in [5, 5.41) is 2.77. The summed E-state index contributed by atoms with van der Waals surface area (Å²) < 4.78 is 12.7. The van der Waals surface area contributed by atoms with Crippen LogP contribution in [-0.4, -0.2) is 5.91 Å². The average Bonchev–Trinajstić information content (AvgIpc) is 2.46. The van der Waals surface area contributed by atoms with E-state index in [2.05, 4.69) is 5.32 Å². The van der Waals surface area contributed by atoms with Gasteiger partial charge in [0.2, 0.25) is 0 Å². The molecule has 2 rings (SSSR count). The maximum atomic E-state index is 12.7. The van der Waals surface area contributed by atoms with Crippen LogP contribution in [0.3, 0.4) is 0 Å². The van der Waals surface area contributed by atoms with Crippen LogP contribution in [0.5, 0.6) is 0 Å². The molecular weight excluding hydrogens is 285 g/mol. The standard InChI is InChI=1S/C14H11ClFNOS/c15-19-13-7-3-11(4-8-13)14(18)17-9-10-1-5-12(16)6-2-10/h1-8H,9H2,(H,17,18). The number of amides is 1. The van der Waals surface area contributed by atoms with E-state index in [0.29, 0.717) is 12.1 Å². The summed E-state index contributed by atoms with van der Waals surface area (Å²) >= 11 is 0. The SMILES string of the molecule is O=C(NCc1ccc(F)cc1)c1ccc(SCl)cc1. The Labute approximate surface area is 119 Å². The molecule has 0 aromatic heterocycles. The van der Waals surface area contributed by atoms with Gasteiger partial charge >= 0.3 is 0 Å². The van der Waals surface area contributed by atoms with E-state index in [1.165, 1.54) is 12.1 Å². The highest BCUT2D eigenvalue weighted by molar-refractivity contribution is 8.21. The Balaban J connectivity index is 1.95. The molecule has 1 amide bonds. The van der Waals surface area contributed by atoms with E-state index in [1.807, 2.05) is 0 Å². The fraction of sp³-hybridized carbons (Fsp3) is 0.0714. The third-order valence-electron chi connectivity index (χ3n) is 2.57. The molecule has 1 N–H and O–H groups in total. The average molecular weight is 296 g/mol. The molecule has 0 aliphatic carbocycles. The predicted octanol–water partition coefficient (Wildman–Crippen LogP) is 4.00. The lowest BCUT2D eigenvalue weighted by Gasteiger charge is -2.05. The molecule has 0 fully saturated rings. The van der Waals surface area contributed by atoms with Crippen molar-refractivity contribution in [3.8, 4) is 0 Å². The van der Waals surface area contributed by atoms with Gasteiger partial charge in [0.1, 0.15) is 5.82 Å². The molecule has 0 saturated heterocycles. The first kappa shape index (κ1) is 13.9. The van der Waals surface area contributed by atoms with Crippen molar-refractivity contribution in [2.75, 3.05) is 0 Å². The Hall–Kier alpha value is -1.52. The zero-order valence-corrected chi connectivity index (χ0v) is 11.5. The summed E-state index contributed by atoms with van der Waals surface area (Å²) in [5.41, 5.74) is 1.42. The van der Waals surface area contributed by atoms with Crippen molar-refractivity contribution < 1.29 is 9.18 Å². The number of hydrogen-bond acceptors (Lipinski definition) is 2. The zero-order valence-electron chi connectivity index (χ0n) is 9.90. The number of nitrogens with one attached hydrogen (secondary N) is 1. The Kier molecular flexibility index (Phi) is 4.82. The maximum Gasteiger partial charge on any atom is 0.251 e. The van der Waals surface area contributed by atoms with Crippen molar-refractivity contribution in [1.82, 2.24) is 5.32 Å². The third kappa shape index (κ3) is 3.98. The van der Waals surface area contributed by atoms with Crippen LogP contribution >= 0.6 is 21.7 Å². The highest BCUT2D eigenvalue weighted by Gasteiger charge is 2.05. The number of hydrogen-bond donors (Lipinski definition) is 1. The number of rotatable bonds is 4. The van der Waals surface area contributed by atoms with E-state index < -0.39 is 0 Å². The van der Waals surface area contributed by atoms with Gasteiger partial charge in [-0.05, 0) is 63.6 Å². The van der Waals surface area contributed by atoms with Crippen LogP contribution in [0.15, 0.2) is 53.4 Å². The third-order valence-corrected chi connectivity index (χ3v) is 3.56. The molecule has 0 aliphatic rings. The van der Waals surface area contributed by atoms with Gasteiger partial charge in [0, 0.05) is 17.0 Å². The van der Waals surface area contributed by atoms with Gasteiger partial charge in [0.05, 0.1) is 0 Å². The minimum absolute atomic E-state index is 0.171. The molecule has 98 valence electrons. The minimum Gasteiger partial charge on any atom is -0.348 e. The molecule has 0 saturated carbocycles. The van der Waals surface area contributed by atoms with Gasteiger partial charge in [-0.1, -0.05) is 12.1 Å². The van der Waals surface area contributed by atoms with Crippen molar-refractivity contribution in [3.63, 3.8) is 0 Å². The van der Waals surface area contributed by atoms with Gasteiger partial charge in [-0.15, -0.1) is 0 Å². The molecule has 0 unspecified atom stereocenters. The second kappa shape index (κ2) is 6.59. The molecule has 0 heterocycles. The molecule has 0 radical (unpaired) electrons. The molecule has 0 spiro atoms. The summed E-state index contributed by atoms with van der Waals surface area (Å²) in [7, 11) is 6.70. The summed E-state index contributed by atoms with van der Waals surface area (Å²) in [4.78, 5) is 12.7. The number of carbonyl (C=O) groups excluding carboxylic acids is 1. The minimum atomic E-state index is -0.288. The molecule has 2 aromatic carbocycles. The Bertz CT molecular complexity index is 557. The smallest absolute Gasteiger partial charge is 0.251 e. The van der Waals surface area contributed by atoms with Crippen molar-refractivity contribution in [2.45, 2.75) is 11.4 Å². The second-order valence-electron chi connectivity index (χ2n) is 3.91. The highest BCUT2D eigenvalue weighted by atomic mass is 35.7. The Morgan fingerprint density at radius 3 is 2.32 bits per heavy atom. The lowest BCUT2D eigenvalue weighted by Crippen LogP contribution is -2.22. The molecule has 2 aromatic rings. The van der Waals surface area contributed by atoms with E-state index in [4.69, 9.17) is 10.7 Å². The largest absolute Gasteiger partial charge is 0.348 e. The fourth-order valence-corrected chi connectivity index (χ4v) is 2.09. The Morgan fingerprint density at radius 1 is 1.11 bits per heavy atom. The van der Waals surface area contributed by atoms with Crippen molar-refractivity contribution in [2.24, 2.45) is 0 Å². The van der Waals surface area contributed by atoms with Crippen LogP contribution in [0.4, 0.5) is 4.39 Å². The quantitative estimate of drug-likeness (QED) is 0.923. The molecule has 19 heavy (non-hydrogen) atoms. The van der Waals surface area contributed by atoms with E-state index in [1.54, 1.807) is 36.4 Å². The van der Waals surface area contributed by atoms with Gasteiger partial charge in [0.25, 0.3) is 5.91 Å². The van der Waals surface area contributed by atoms with Crippen LogP contribution in [0.2, 0.25) is 0 Å². The maximum absolute atomic E-state index is 12.7. The fourth-order valence-electron chi connectivity index (χ4n) is 1.54. The lowest BCUT2D eigenvalue weighted by atomic mass is 10.2. The zero-order chi connectivity index (χ0) is 13.7. The van der Waals surface area contributed by atoms with Crippen molar-refractivity contribution >= 4 is 27.6 Å². The van der Waals surface area contributed by atoms with Gasteiger partial charge < -0.3 is 5.32 Å². The summed E-state index contributed by atoms with van der Waals surface area (Å²) in [6.07, 6.45) is 0. The summed E-state index contributed by atoms with van der Waals surface area (Å²) in [6, 6.07) is 13.0. The molecule has 5 heteroatoms. The molecule has 0 aliphatic heterocycles. The van der Waals surface area contributed by atoms with Crippen molar-refractivity contribution in [3.05, 3.63) is 65.5 Å². The van der Waals surface area contributed by atoms with Gasteiger partial charge in [-0.25, -0.2) is 4.39 Å².